The van der Waals surface area contributed by atoms with Crippen LogP contribution in [-0.4, -0.2) is 5.16 Å². The Labute approximate surface area is 111 Å². The lowest BCUT2D eigenvalue weighted by atomic mass is 10.00. The number of aromatic nitrogens is 1. The summed E-state index contributed by atoms with van der Waals surface area (Å²) in [4.78, 5) is 0. The first-order valence-electron chi connectivity index (χ1n) is 6.00. The van der Waals surface area contributed by atoms with Gasteiger partial charge in [0.2, 0.25) is 5.88 Å². The normalized spacial score (nSPS) is 20.9. The molecule has 94 valence electrons. The topological polar surface area (TPSA) is 52.0 Å². The first kappa shape index (κ1) is 11.6. The van der Waals surface area contributed by atoms with Crippen LogP contribution in [0.5, 0.6) is 0 Å². The molecule has 0 bridgehead atoms. The predicted octanol–water partition coefficient (Wildman–Crippen LogP) is 4.09. The van der Waals surface area contributed by atoms with Gasteiger partial charge in [0.05, 0.1) is 11.3 Å². The van der Waals surface area contributed by atoms with E-state index < -0.39 is 0 Å². The van der Waals surface area contributed by atoms with Crippen LogP contribution in [0.1, 0.15) is 31.9 Å². The average Bonchev–Trinajstić information content (AvgIpc) is 2.78. The molecule has 0 aliphatic heterocycles. The van der Waals surface area contributed by atoms with Crippen molar-refractivity contribution in [1.29, 1.82) is 0 Å². The zero-order valence-corrected chi connectivity index (χ0v) is 11.2. The van der Waals surface area contributed by atoms with Crippen LogP contribution in [0.4, 0.5) is 5.88 Å². The van der Waals surface area contributed by atoms with Crippen molar-refractivity contribution < 1.29 is 4.52 Å². The summed E-state index contributed by atoms with van der Waals surface area (Å²) in [5.41, 5.74) is 9.10. The minimum atomic E-state index is 0.296. The molecule has 18 heavy (non-hydrogen) atoms. The van der Waals surface area contributed by atoms with Gasteiger partial charge < -0.3 is 10.3 Å². The first-order valence-corrected chi connectivity index (χ1v) is 6.38. The van der Waals surface area contributed by atoms with E-state index in [1.807, 2.05) is 24.3 Å². The van der Waals surface area contributed by atoms with E-state index >= 15 is 0 Å². The van der Waals surface area contributed by atoms with E-state index in [0.29, 0.717) is 22.2 Å². The molecule has 0 amide bonds. The molecule has 1 fully saturated rings. The van der Waals surface area contributed by atoms with E-state index in [4.69, 9.17) is 21.9 Å². The third-order valence-electron chi connectivity index (χ3n) is 3.72. The van der Waals surface area contributed by atoms with Gasteiger partial charge in [0, 0.05) is 10.9 Å². The zero-order valence-electron chi connectivity index (χ0n) is 10.4. The van der Waals surface area contributed by atoms with Crippen LogP contribution in [0.25, 0.3) is 11.1 Å². The summed E-state index contributed by atoms with van der Waals surface area (Å²) in [5.74, 6) is 0.819. The van der Waals surface area contributed by atoms with Crippen molar-refractivity contribution in [2.75, 3.05) is 5.73 Å². The molecule has 0 spiro atoms. The van der Waals surface area contributed by atoms with E-state index in [0.717, 1.165) is 23.2 Å². The monoisotopic (exact) mass is 262 g/mol. The fourth-order valence-corrected chi connectivity index (χ4v) is 2.52. The number of halogens is 1. The fourth-order valence-electron chi connectivity index (χ4n) is 2.39. The van der Waals surface area contributed by atoms with Gasteiger partial charge in [0.1, 0.15) is 0 Å². The van der Waals surface area contributed by atoms with E-state index in [9.17, 15) is 0 Å². The lowest BCUT2D eigenvalue weighted by Crippen LogP contribution is -1.94. The molecule has 0 radical (unpaired) electrons. The minimum absolute atomic E-state index is 0.296. The van der Waals surface area contributed by atoms with Crippen molar-refractivity contribution in [1.82, 2.24) is 5.16 Å². The standard InChI is InChI=1S/C14H15ClN2O/c1-14(2)7-10(14)12-11(13(16)18-17-12)8-3-5-9(15)6-4-8/h3-6,10H,7,16H2,1-2H3. The van der Waals surface area contributed by atoms with Crippen LogP contribution in [0.2, 0.25) is 5.02 Å². The highest BCUT2D eigenvalue weighted by atomic mass is 35.5. The van der Waals surface area contributed by atoms with Gasteiger partial charge in [0.25, 0.3) is 0 Å². The summed E-state index contributed by atoms with van der Waals surface area (Å²) >= 11 is 5.90. The summed E-state index contributed by atoms with van der Waals surface area (Å²) in [7, 11) is 0. The van der Waals surface area contributed by atoms with Crippen molar-refractivity contribution in [3.05, 3.63) is 35.0 Å². The van der Waals surface area contributed by atoms with Gasteiger partial charge in [-0.05, 0) is 29.5 Å². The van der Waals surface area contributed by atoms with E-state index in [1.165, 1.54) is 0 Å². The molecule has 3 nitrogen and oxygen atoms in total. The molecule has 1 heterocycles. The van der Waals surface area contributed by atoms with Crippen molar-refractivity contribution >= 4 is 17.5 Å². The quantitative estimate of drug-likeness (QED) is 0.887. The molecule has 4 heteroatoms. The van der Waals surface area contributed by atoms with Gasteiger partial charge >= 0.3 is 0 Å². The van der Waals surface area contributed by atoms with E-state index in [1.54, 1.807) is 0 Å². The molecule has 1 atom stereocenters. The maximum absolute atomic E-state index is 5.90. The summed E-state index contributed by atoms with van der Waals surface area (Å²) in [6.45, 7) is 4.46. The molecule has 1 aliphatic rings. The van der Waals surface area contributed by atoms with Crippen LogP contribution in [0, 0.1) is 5.41 Å². The number of nitrogens with zero attached hydrogens (tertiary/aromatic N) is 1. The lowest BCUT2D eigenvalue weighted by Gasteiger charge is -2.04. The van der Waals surface area contributed by atoms with Crippen LogP contribution < -0.4 is 5.73 Å². The summed E-state index contributed by atoms with van der Waals surface area (Å²) < 4.78 is 5.17. The Morgan fingerprint density at radius 1 is 1.33 bits per heavy atom. The molecule has 2 N–H and O–H groups in total. The molecule has 2 aromatic rings. The molecular formula is C14H15ClN2O. The summed E-state index contributed by atoms with van der Waals surface area (Å²) in [6.07, 6.45) is 1.12. The second kappa shape index (κ2) is 3.75. The second-order valence-electron chi connectivity index (χ2n) is 5.56. The maximum Gasteiger partial charge on any atom is 0.230 e. The number of hydrogen-bond donors (Lipinski definition) is 1. The number of rotatable bonds is 2. The van der Waals surface area contributed by atoms with Gasteiger partial charge in [-0.2, -0.15) is 0 Å². The molecule has 0 saturated heterocycles. The third-order valence-corrected chi connectivity index (χ3v) is 3.97. The van der Waals surface area contributed by atoms with Gasteiger partial charge in [-0.25, -0.2) is 0 Å². The highest BCUT2D eigenvalue weighted by molar-refractivity contribution is 6.30. The third kappa shape index (κ3) is 1.79. The highest BCUT2D eigenvalue weighted by Gasteiger charge is 2.49. The molecule has 1 aliphatic carbocycles. The maximum atomic E-state index is 5.90. The number of nitrogen functional groups attached to an aromatic ring is 1. The highest BCUT2D eigenvalue weighted by Crippen LogP contribution is 2.60. The average molecular weight is 263 g/mol. The number of anilines is 1. The van der Waals surface area contributed by atoms with Crippen LogP contribution >= 0.6 is 11.6 Å². The van der Waals surface area contributed by atoms with Crippen LogP contribution in [-0.2, 0) is 0 Å². The van der Waals surface area contributed by atoms with E-state index in [2.05, 4.69) is 19.0 Å². The van der Waals surface area contributed by atoms with Gasteiger partial charge in [-0.1, -0.05) is 42.7 Å². The molecular weight excluding hydrogens is 248 g/mol. The fraction of sp³-hybridized carbons (Fsp3) is 0.357. The zero-order chi connectivity index (χ0) is 12.9. The van der Waals surface area contributed by atoms with Gasteiger partial charge in [-0.3, -0.25) is 0 Å². The SMILES string of the molecule is CC1(C)CC1c1noc(N)c1-c1ccc(Cl)cc1. The summed E-state index contributed by atoms with van der Waals surface area (Å²) in [6, 6.07) is 7.60. The van der Waals surface area contributed by atoms with Crippen molar-refractivity contribution in [2.24, 2.45) is 5.41 Å². The van der Waals surface area contributed by atoms with Crippen LogP contribution in [0.15, 0.2) is 28.8 Å². The first-order chi connectivity index (χ1) is 8.49. The molecule has 1 aromatic carbocycles. The Hall–Kier alpha value is -1.48. The smallest absolute Gasteiger partial charge is 0.230 e. The van der Waals surface area contributed by atoms with Gasteiger partial charge in [0.15, 0.2) is 0 Å². The molecule has 3 rings (SSSR count). The number of nitrogens with two attached hydrogens (primary N) is 1. The van der Waals surface area contributed by atoms with Crippen LogP contribution in [0.3, 0.4) is 0 Å². The Morgan fingerprint density at radius 3 is 2.50 bits per heavy atom. The van der Waals surface area contributed by atoms with Crippen molar-refractivity contribution in [2.45, 2.75) is 26.2 Å². The lowest BCUT2D eigenvalue weighted by molar-refractivity contribution is 0.424. The Morgan fingerprint density at radius 2 is 1.94 bits per heavy atom. The largest absolute Gasteiger partial charge is 0.367 e. The molecule has 1 saturated carbocycles. The second-order valence-corrected chi connectivity index (χ2v) is 6.00. The number of benzene rings is 1. The number of hydrogen-bond acceptors (Lipinski definition) is 3. The van der Waals surface area contributed by atoms with E-state index in [-0.39, 0.29) is 0 Å². The Bertz CT molecular complexity index is 586. The molecule has 1 aromatic heterocycles. The molecule has 1 unspecified atom stereocenters. The van der Waals surface area contributed by atoms with Crippen molar-refractivity contribution in [3.8, 4) is 11.1 Å². The Balaban J connectivity index is 2.06. The Kier molecular flexibility index (Phi) is 2.42. The van der Waals surface area contributed by atoms with Crippen molar-refractivity contribution in [3.63, 3.8) is 0 Å². The predicted molar refractivity (Wildman–Crippen MR) is 72.5 cm³/mol. The summed E-state index contributed by atoms with van der Waals surface area (Å²) in [5, 5.41) is 4.85. The minimum Gasteiger partial charge on any atom is -0.367 e. The van der Waals surface area contributed by atoms with Gasteiger partial charge in [-0.15, -0.1) is 0 Å².